The third-order valence-electron chi connectivity index (χ3n) is 3.39. The van der Waals surface area contributed by atoms with Crippen LogP contribution in [0.3, 0.4) is 0 Å². The van der Waals surface area contributed by atoms with Gasteiger partial charge in [-0.2, -0.15) is 0 Å². The van der Waals surface area contributed by atoms with Crippen LogP contribution in [0.25, 0.3) is 0 Å². The van der Waals surface area contributed by atoms with E-state index in [4.69, 9.17) is 9.47 Å². The minimum atomic E-state index is -0.431. The van der Waals surface area contributed by atoms with Crippen molar-refractivity contribution in [3.8, 4) is 0 Å². The second kappa shape index (κ2) is 10.2. The molecule has 0 atom stereocenters. The lowest BCUT2D eigenvalue weighted by Gasteiger charge is -2.26. The lowest BCUT2D eigenvalue weighted by Crippen LogP contribution is -2.41. The Kier molecular flexibility index (Phi) is 8.54. The van der Waals surface area contributed by atoms with Crippen molar-refractivity contribution in [2.24, 2.45) is 0 Å². The molecule has 0 aromatic carbocycles. The normalized spacial score (nSPS) is 15.2. The summed E-state index contributed by atoms with van der Waals surface area (Å²) in [6, 6.07) is -0.159. The number of hydrogen-bond acceptors (Lipinski definition) is 5. The summed E-state index contributed by atoms with van der Waals surface area (Å²) in [7, 11) is 1.67. The van der Waals surface area contributed by atoms with Crippen molar-refractivity contribution in [2.75, 3.05) is 59.6 Å². The van der Waals surface area contributed by atoms with Crippen molar-refractivity contribution in [2.45, 2.75) is 13.3 Å². The van der Waals surface area contributed by atoms with Gasteiger partial charge in [-0.1, -0.05) is 6.58 Å². The molecule has 7 nitrogen and oxygen atoms in total. The van der Waals surface area contributed by atoms with Gasteiger partial charge in [0, 0.05) is 32.3 Å². The molecular weight excluding hydrogens is 286 g/mol. The zero-order valence-electron chi connectivity index (χ0n) is 13.6. The molecule has 1 aliphatic rings. The SMILES string of the molecule is C=C(C)C(=O)OCCN(C)C(=O)NCCCN1CCOCC1. The van der Waals surface area contributed by atoms with E-state index in [2.05, 4.69) is 16.8 Å². The number of nitrogens with one attached hydrogen (secondary N) is 1. The van der Waals surface area contributed by atoms with Gasteiger partial charge in [-0.3, -0.25) is 4.90 Å². The van der Waals surface area contributed by atoms with Gasteiger partial charge in [0.25, 0.3) is 0 Å². The number of rotatable bonds is 8. The molecular formula is C15H27N3O4. The third-order valence-corrected chi connectivity index (χ3v) is 3.39. The van der Waals surface area contributed by atoms with Crippen molar-refractivity contribution < 1.29 is 19.1 Å². The molecule has 126 valence electrons. The number of urea groups is 1. The van der Waals surface area contributed by atoms with Crippen molar-refractivity contribution >= 4 is 12.0 Å². The number of esters is 1. The second-order valence-corrected chi connectivity index (χ2v) is 5.38. The summed E-state index contributed by atoms with van der Waals surface area (Å²) in [5, 5.41) is 2.85. The number of nitrogens with zero attached hydrogens (tertiary/aromatic N) is 2. The van der Waals surface area contributed by atoms with Crippen LogP contribution < -0.4 is 5.32 Å². The number of morpholine rings is 1. The lowest BCUT2D eigenvalue weighted by atomic mass is 10.3. The van der Waals surface area contributed by atoms with E-state index in [1.165, 1.54) is 4.90 Å². The Hall–Kier alpha value is -1.60. The van der Waals surface area contributed by atoms with Gasteiger partial charge >= 0.3 is 12.0 Å². The van der Waals surface area contributed by atoms with Gasteiger partial charge in [-0.25, -0.2) is 9.59 Å². The summed E-state index contributed by atoms with van der Waals surface area (Å²) >= 11 is 0. The largest absolute Gasteiger partial charge is 0.460 e. The summed E-state index contributed by atoms with van der Waals surface area (Å²) in [5.74, 6) is -0.431. The Labute approximate surface area is 132 Å². The molecule has 7 heteroatoms. The van der Waals surface area contributed by atoms with Gasteiger partial charge in [0.05, 0.1) is 19.8 Å². The molecule has 1 fully saturated rings. The van der Waals surface area contributed by atoms with Gasteiger partial charge in [-0.15, -0.1) is 0 Å². The fourth-order valence-corrected chi connectivity index (χ4v) is 1.96. The summed E-state index contributed by atoms with van der Waals surface area (Å²) in [5.41, 5.74) is 0.357. The molecule has 0 radical (unpaired) electrons. The van der Waals surface area contributed by atoms with Gasteiger partial charge in [-0.05, 0) is 19.9 Å². The van der Waals surface area contributed by atoms with Gasteiger partial charge < -0.3 is 19.7 Å². The average molecular weight is 313 g/mol. The van der Waals surface area contributed by atoms with E-state index in [9.17, 15) is 9.59 Å². The van der Waals surface area contributed by atoms with Crippen LogP contribution >= 0.6 is 0 Å². The molecule has 2 amide bonds. The molecule has 0 spiro atoms. The summed E-state index contributed by atoms with van der Waals surface area (Å²) in [6.07, 6.45) is 0.907. The highest BCUT2D eigenvalue weighted by molar-refractivity contribution is 5.86. The van der Waals surface area contributed by atoms with Crippen molar-refractivity contribution in [3.63, 3.8) is 0 Å². The van der Waals surface area contributed by atoms with E-state index in [1.54, 1.807) is 14.0 Å². The Bertz CT molecular complexity index is 381. The van der Waals surface area contributed by atoms with Crippen LogP contribution in [0.5, 0.6) is 0 Å². The van der Waals surface area contributed by atoms with E-state index in [0.717, 1.165) is 39.3 Å². The fraction of sp³-hybridized carbons (Fsp3) is 0.733. The molecule has 0 saturated carbocycles. The topological polar surface area (TPSA) is 71.1 Å². The Morgan fingerprint density at radius 2 is 2.05 bits per heavy atom. The molecule has 0 unspecified atom stereocenters. The van der Waals surface area contributed by atoms with Gasteiger partial charge in [0.15, 0.2) is 0 Å². The van der Waals surface area contributed by atoms with Crippen LogP contribution in [0.2, 0.25) is 0 Å². The number of carbonyl (C=O) groups is 2. The van der Waals surface area contributed by atoms with Crippen LogP contribution in [-0.2, 0) is 14.3 Å². The first-order valence-corrected chi connectivity index (χ1v) is 7.62. The molecule has 1 N–H and O–H groups in total. The zero-order chi connectivity index (χ0) is 16.4. The Morgan fingerprint density at radius 1 is 1.36 bits per heavy atom. The second-order valence-electron chi connectivity index (χ2n) is 5.38. The average Bonchev–Trinajstić information content (AvgIpc) is 2.51. The highest BCUT2D eigenvalue weighted by Crippen LogP contribution is 1.97. The smallest absolute Gasteiger partial charge is 0.333 e. The number of hydrogen-bond donors (Lipinski definition) is 1. The van der Waals surface area contributed by atoms with E-state index in [-0.39, 0.29) is 12.6 Å². The minimum Gasteiger partial charge on any atom is -0.460 e. The summed E-state index contributed by atoms with van der Waals surface area (Å²) < 4.78 is 10.2. The number of likely N-dealkylation sites (N-methyl/N-ethyl adjacent to an activating group) is 1. The maximum absolute atomic E-state index is 11.8. The Balaban J connectivity index is 2.05. The van der Waals surface area contributed by atoms with Crippen LogP contribution in [0.1, 0.15) is 13.3 Å². The molecule has 1 saturated heterocycles. The van der Waals surface area contributed by atoms with Crippen molar-refractivity contribution in [1.82, 2.24) is 15.1 Å². The van der Waals surface area contributed by atoms with E-state index < -0.39 is 5.97 Å². The first-order valence-electron chi connectivity index (χ1n) is 7.62. The summed E-state index contributed by atoms with van der Waals surface area (Å²) in [4.78, 5) is 26.9. The van der Waals surface area contributed by atoms with Crippen LogP contribution in [-0.4, -0.2) is 81.4 Å². The third kappa shape index (κ3) is 7.42. The maximum Gasteiger partial charge on any atom is 0.333 e. The lowest BCUT2D eigenvalue weighted by molar-refractivity contribution is -0.139. The first-order chi connectivity index (χ1) is 10.5. The zero-order valence-corrected chi connectivity index (χ0v) is 13.6. The molecule has 1 aliphatic heterocycles. The number of ether oxygens (including phenoxy) is 2. The highest BCUT2D eigenvalue weighted by atomic mass is 16.5. The molecule has 1 heterocycles. The number of carbonyl (C=O) groups excluding carboxylic acids is 2. The van der Waals surface area contributed by atoms with Gasteiger partial charge in [0.2, 0.25) is 0 Å². The van der Waals surface area contributed by atoms with Crippen LogP contribution in [0, 0.1) is 0 Å². The molecule has 22 heavy (non-hydrogen) atoms. The fourth-order valence-electron chi connectivity index (χ4n) is 1.96. The molecule has 0 aliphatic carbocycles. The van der Waals surface area contributed by atoms with Crippen LogP contribution in [0.4, 0.5) is 4.79 Å². The van der Waals surface area contributed by atoms with Crippen molar-refractivity contribution in [3.05, 3.63) is 12.2 Å². The van der Waals surface area contributed by atoms with E-state index >= 15 is 0 Å². The van der Waals surface area contributed by atoms with E-state index in [0.29, 0.717) is 18.7 Å². The van der Waals surface area contributed by atoms with E-state index in [1.807, 2.05) is 0 Å². The number of amides is 2. The minimum absolute atomic E-state index is 0.159. The maximum atomic E-state index is 11.8. The predicted molar refractivity (Wildman–Crippen MR) is 83.7 cm³/mol. The predicted octanol–water partition coefficient (Wildman–Crippen LogP) is 0.469. The van der Waals surface area contributed by atoms with Crippen LogP contribution in [0.15, 0.2) is 12.2 Å². The first kappa shape index (κ1) is 18.4. The standard InChI is InChI=1S/C15H27N3O4/c1-13(2)14(19)22-12-7-17(3)15(20)16-5-4-6-18-8-10-21-11-9-18/h1,4-12H2,2-3H3,(H,16,20). The van der Waals surface area contributed by atoms with Gasteiger partial charge in [0.1, 0.15) is 6.61 Å². The Morgan fingerprint density at radius 3 is 2.68 bits per heavy atom. The monoisotopic (exact) mass is 313 g/mol. The molecule has 0 bridgehead atoms. The molecule has 0 aromatic heterocycles. The molecule has 0 aromatic rings. The summed E-state index contributed by atoms with van der Waals surface area (Å²) in [6.45, 7) is 10.7. The molecule has 1 rings (SSSR count). The van der Waals surface area contributed by atoms with Crippen molar-refractivity contribution in [1.29, 1.82) is 0 Å². The highest BCUT2D eigenvalue weighted by Gasteiger charge is 2.11. The quantitative estimate of drug-likeness (QED) is 0.401.